The van der Waals surface area contributed by atoms with Crippen LogP contribution in [0.3, 0.4) is 0 Å². The van der Waals surface area contributed by atoms with Gasteiger partial charge in [-0.1, -0.05) is 6.07 Å². The van der Waals surface area contributed by atoms with Crippen molar-refractivity contribution in [3.05, 3.63) is 53.3 Å². The normalized spacial score (nSPS) is 14.7. The fraction of sp³-hybridized carbons (Fsp3) is 0.300. The zero-order valence-corrected chi connectivity index (χ0v) is 17.7. The highest BCUT2D eigenvalue weighted by molar-refractivity contribution is 7.80. The van der Waals surface area contributed by atoms with Gasteiger partial charge in [0.05, 0.1) is 25.5 Å². The lowest BCUT2D eigenvalue weighted by molar-refractivity contribution is 0.0532. The van der Waals surface area contributed by atoms with Crippen molar-refractivity contribution in [2.45, 2.75) is 0 Å². The van der Waals surface area contributed by atoms with E-state index in [1.807, 2.05) is 0 Å². The Balaban J connectivity index is 1.67. The van der Waals surface area contributed by atoms with Crippen LogP contribution in [0.1, 0.15) is 20.7 Å². The summed E-state index contributed by atoms with van der Waals surface area (Å²) in [6, 6.07) is 8.75. The van der Waals surface area contributed by atoms with Crippen molar-refractivity contribution in [3.8, 4) is 11.5 Å². The minimum atomic E-state index is -2.53. The second kappa shape index (κ2) is 9.75. The van der Waals surface area contributed by atoms with Crippen molar-refractivity contribution >= 4 is 28.8 Å². The Bertz CT molecular complexity index is 1010. The fourth-order valence-electron chi connectivity index (χ4n) is 3.30. The van der Waals surface area contributed by atoms with E-state index in [1.54, 1.807) is 11.0 Å². The lowest BCUT2D eigenvalue weighted by atomic mass is 10.1. The van der Waals surface area contributed by atoms with E-state index in [4.69, 9.17) is 9.47 Å². The number of nitrogens with zero attached hydrogens (tertiary/aromatic N) is 2. The monoisotopic (exact) mass is 450 g/mol. The zero-order valence-electron chi connectivity index (χ0n) is 16.9. The highest BCUT2D eigenvalue weighted by Crippen LogP contribution is 2.27. The van der Waals surface area contributed by atoms with Gasteiger partial charge in [-0.15, -0.1) is 0 Å². The molecule has 1 aliphatic rings. The molecule has 0 bridgehead atoms. The highest BCUT2D eigenvalue weighted by atomic mass is 32.2. The molecule has 0 aliphatic carbocycles. The van der Waals surface area contributed by atoms with E-state index in [0.717, 1.165) is 0 Å². The van der Waals surface area contributed by atoms with Crippen LogP contribution >= 0.6 is 0 Å². The quantitative estimate of drug-likeness (QED) is 0.670. The number of hydrogen-bond acceptors (Lipinski definition) is 6. The molecular formula is C20H21FN3O6S-. The summed E-state index contributed by atoms with van der Waals surface area (Å²) < 4.78 is 48.4. The fourth-order valence-corrected chi connectivity index (χ4v) is 3.65. The van der Waals surface area contributed by atoms with Crippen LogP contribution in [-0.2, 0) is 11.3 Å². The molecular weight excluding hydrogens is 429 g/mol. The first-order valence-corrected chi connectivity index (χ1v) is 10.4. The van der Waals surface area contributed by atoms with Gasteiger partial charge in [0.2, 0.25) is 0 Å². The third-order valence-corrected chi connectivity index (χ3v) is 5.30. The Hall–Kier alpha value is -3.18. The van der Waals surface area contributed by atoms with Gasteiger partial charge in [0.15, 0.2) is 11.6 Å². The molecule has 0 spiro atoms. The first-order chi connectivity index (χ1) is 14.8. The van der Waals surface area contributed by atoms with Crippen molar-refractivity contribution in [1.29, 1.82) is 0 Å². The van der Waals surface area contributed by atoms with Crippen LogP contribution in [-0.4, -0.2) is 70.8 Å². The van der Waals surface area contributed by atoms with Gasteiger partial charge in [0.25, 0.3) is 11.8 Å². The number of nitrogens with one attached hydrogen (secondary N) is 1. The van der Waals surface area contributed by atoms with Gasteiger partial charge in [0, 0.05) is 43.0 Å². The van der Waals surface area contributed by atoms with E-state index in [-0.39, 0.29) is 54.8 Å². The van der Waals surface area contributed by atoms with Crippen molar-refractivity contribution < 1.29 is 32.2 Å². The van der Waals surface area contributed by atoms with E-state index < -0.39 is 23.0 Å². The van der Waals surface area contributed by atoms with Gasteiger partial charge in [0.1, 0.15) is 5.75 Å². The molecule has 0 radical (unpaired) electrons. The number of carbonyl (C=O) groups excluding carboxylic acids is 2. The highest BCUT2D eigenvalue weighted by Gasteiger charge is 2.28. The molecule has 2 aromatic carbocycles. The number of carbonyl (C=O) groups is 2. The number of methoxy groups -OCH3 is 2. The summed E-state index contributed by atoms with van der Waals surface area (Å²) in [4.78, 5) is 28.6. The molecule has 2 aromatic rings. The Morgan fingerprint density at radius 1 is 1.00 bits per heavy atom. The van der Waals surface area contributed by atoms with E-state index in [0.29, 0.717) is 5.56 Å². The number of anilines is 1. The number of piperazine rings is 1. The minimum absolute atomic E-state index is 0.00707. The molecule has 2 amide bonds. The molecule has 1 atom stereocenters. The molecule has 0 aromatic heterocycles. The molecule has 3 rings (SSSR count). The first kappa shape index (κ1) is 22.5. The molecule has 1 unspecified atom stereocenters. The molecule has 1 saturated heterocycles. The Labute approximate surface area is 181 Å². The first-order valence-electron chi connectivity index (χ1n) is 9.30. The van der Waals surface area contributed by atoms with Gasteiger partial charge >= 0.3 is 0 Å². The maximum atomic E-state index is 14.4. The van der Waals surface area contributed by atoms with E-state index in [9.17, 15) is 22.7 Å². The molecule has 1 aliphatic heterocycles. The molecule has 166 valence electrons. The van der Waals surface area contributed by atoms with Gasteiger partial charge < -0.3 is 28.5 Å². The topological polar surface area (TPSA) is 111 Å². The molecule has 31 heavy (non-hydrogen) atoms. The molecule has 1 fully saturated rings. The average Bonchev–Trinajstić information content (AvgIpc) is 2.78. The molecule has 1 N–H and O–H groups in total. The summed E-state index contributed by atoms with van der Waals surface area (Å²) in [5.74, 6) is -1.27. The van der Waals surface area contributed by atoms with Crippen LogP contribution < -0.4 is 14.2 Å². The van der Waals surface area contributed by atoms with Gasteiger partial charge in [-0.2, -0.15) is 0 Å². The third kappa shape index (κ3) is 4.94. The number of ether oxygens (including phenoxy) is 2. The number of hydrogen-bond donors (Lipinski definition) is 1. The van der Waals surface area contributed by atoms with Crippen LogP contribution in [0.4, 0.5) is 10.1 Å². The number of halogens is 1. The van der Waals surface area contributed by atoms with Crippen LogP contribution in [0.5, 0.6) is 11.5 Å². The molecule has 0 saturated carbocycles. The zero-order chi connectivity index (χ0) is 22.5. The average molecular weight is 450 g/mol. The third-order valence-electron chi connectivity index (χ3n) is 4.91. The second-order valence-electron chi connectivity index (χ2n) is 6.66. The number of amides is 2. The standard InChI is InChI=1S/C20H22FN3O6S/c1-29-16-5-3-4-14(18(16)21)20(26)24-10-8-23(9-11-24)19(25)13-6-7-15(22-31(27)28)17(12-13)30-2/h3-7,12,22H,8-11H2,1-2H3,(H,27,28)/p-1. The maximum Gasteiger partial charge on any atom is 0.257 e. The van der Waals surface area contributed by atoms with E-state index in [2.05, 4.69) is 4.72 Å². The van der Waals surface area contributed by atoms with Crippen LogP contribution in [0.2, 0.25) is 0 Å². The van der Waals surface area contributed by atoms with Crippen molar-refractivity contribution in [3.63, 3.8) is 0 Å². The van der Waals surface area contributed by atoms with Crippen molar-refractivity contribution in [2.24, 2.45) is 0 Å². The van der Waals surface area contributed by atoms with Gasteiger partial charge in [-0.25, -0.2) is 4.39 Å². The van der Waals surface area contributed by atoms with Crippen LogP contribution in [0, 0.1) is 5.82 Å². The van der Waals surface area contributed by atoms with E-state index >= 15 is 0 Å². The summed E-state index contributed by atoms with van der Waals surface area (Å²) in [5, 5.41) is 0. The SMILES string of the molecule is COc1cc(C(=O)N2CCN(C(=O)c3cccc(OC)c3F)CC2)ccc1NS(=O)[O-]. The smallest absolute Gasteiger partial charge is 0.257 e. The lowest BCUT2D eigenvalue weighted by Crippen LogP contribution is -2.50. The molecule has 11 heteroatoms. The molecule has 9 nitrogen and oxygen atoms in total. The maximum absolute atomic E-state index is 14.4. The van der Waals surface area contributed by atoms with Crippen LogP contribution in [0.25, 0.3) is 0 Å². The van der Waals surface area contributed by atoms with Crippen molar-refractivity contribution in [1.82, 2.24) is 9.80 Å². The predicted octanol–water partition coefficient (Wildman–Crippen LogP) is 1.65. The lowest BCUT2D eigenvalue weighted by Gasteiger charge is -2.35. The predicted molar refractivity (Wildman–Crippen MR) is 110 cm³/mol. The van der Waals surface area contributed by atoms with Crippen molar-refractivity contribution in [2.75, 3.05) is 45.1 Å². The van der Waals surface area contributed by atoms with Gasteiger partial charge in [-0.3, -0.25) is 13.8 Å². The number of benzene rings is 2. The van der Waals surface area contributed by atoms with E-state index in [1.165, 1.54) is 49.5 Å². The Kier molecular flexibility index (Phi) is 7.08. The molecule has 1 heterocycles. The summed E-state index contributed by atoms with van der Waals surface area (Å²) in [7, 11) is 2.69. The van der Waals surface area contributed by atoms with Gasteiger partial charge in [-0.05, 0) is 30.3 Å². The summed E-state index contributed by atoms with van der Waals surface area (Å²) in [5.41, 5.74) is 0.448. The largest absolute Gasteiger partial charge is 0.755 e. The summed E-state index contributed by atoms with van der Waals surface area (Å²) in [6.07, 6.45) is 0. The summed E-state index contributed by atoms with van der Waals surface area (Å²) >= 11 is -2.53. The number of rotatable bonds is 6. The second-order valence-corrected chi connectivity index (χ2v) is 7.33. The summed E-state index contributed by atoms with van der Waals surface area (Å²) in [6.45, 7) is 1.02. The minimum Gasteiger partial charge on any atom is -0.755 e. The Morgan fingerprint density at radius 3 is 2.19 bits per heavy atom. The van der Waals surface area contributed by atoms with Crippen LogP contribution in [0.15, 0.2) is 36.4 Å². The Morgan fingerprint density at radius 2 is 1.61 bits per heavy atom.